The van der Waals surface area contributed by atoms with E-state index in [2.05, 4.69) is 5.32 Å². The van der Waals surface area contributed by atoms with Gasteiger partial charge < -0.3 is 14.8 Å². The fourth-order valence-electron chi connectivity index (χ4n) is 3.08. The lowest BCUT2D eigenvalue weighted by atomic mass is 9.92. The molecule has 24 heavy (non-hydrogen) atoms. The number of hydrogen-bond donors (Lipinski definition) is 1. The SMILES string of the molecule is COC(=O)C(CC1CCOCC1)NC(=O)Cc1cc(C)ccc1C. The van der Waals surface area contributed by atoms with E-state index in [4.69, 9.17) is 9.47 Å². The van der Waals surface area contributed by atoms with E-state index in [0.717, 1.165) is 42.7 Å². The molecule has 1 saturated heterocycles. The highest BCUT2D eigenvalue weighted by Crippen LogP contribution is 2.21. The Labute approximate surface area is 143 Å². The predicted octanol–water partition coefficient (Wildman–Crippen LogP) is 2.32. The van der Waals surface area contributed by atoms with Crippen LogP contribution in [0.1, 0.15) is 36.0 Å². The lowest BCUT2D eigenvalue weighted by molar-refractivity contribution is -0.145. The first-order valence-corrected chi connectivity index (χ1v) is 8.50. The van der Waals surface area contributed by atoms with Crippen LogP contribution in [0.2, 0.25) is 0 Å². The molecule has 1 aliphatic heterocycles. The van der Waals surface area contributed by atoms with Crippen molar-refractivity contribution in [1.29, 1.82) is 0 Å². The summed E-state index contributed by atoms with van der Waals surface area (Å²) in [7, 11) is 1.36. The molecule has 1 fully saturated rings. The van der Waals surface area contributed by atoms with Crippen molar-refractivity contribution in [2.24, 2.45) is 5.92 Å². The maximum Gasteiger partial charge on any atom is 0.328 e. The zero-order valence-corrected chi connectivity index (χ0v) is 14.8. The molecular weight excluding hydrogens is 306 g/mol. The van der Waals surface area contributed by atoms with Crippen LogP contribution in [-0.4, -0.2) is 38.2 Å². The number of methoxy groups -OCH3 is 1. The van der Waals surface area contributed by atoms with Crippen LogP contribution in [0.25, 0.3) is 0 Å². The molecule has 1 heterocycles. The molecule has 0 saturated carbocycles. The van der Waals surface area contributed by atoms with Crippen molar-refractivity contribution in [3.8, 4) is 0 Å². The quantitative estimate of drug-likeness (QED) is 0.812. The zero-order valence-electron chi connectivity index (χ0n) is 14.8. The first kappa shape index (κ1) is 18.5. The fraction of sp³-hybridized carbons (Fsp3) is 0.579. The predicted molar refractivity (Wildman–Crippen MR) is 91.7 cm³/mol. The van der Waals surface area contributed by atoms with Crippen LogP contribution in [0, 0.1) is 19.8 Å². The molecule has 1 atom stereocenters. The largest absolute Gasteiger partial charge is 0.467 e. The summed E-state index contributed by atoms with van der Waals surface area (Å²) in [6, 6.07) is 5.47. The van der Waals surface area contributed by atoms with Gasteiger partial charge in [0.25, 0.3) is 0 Å². The van der Waals surface area contributed by atoms with E-state index in [1.165, 1.54) is 7.11 Å². The average Bonchev–Trinajstić information content (AvgIpc) is 2.57. The minimum Gasteiger partial charge on any atom is -0.467 e. The van der Waals surface area contributed by atoms with Gasteiger partial charge in [-0.15, -0.1) is 0 Å². The van der Waals surface area contributed by atoms with Crippen molar-refractivity contribution in [3.63, 3.8) is 0 Å². The fourth-order valence-corrected chi connectivity index (χ4v) is 3.08. The molecule has 0 spiro atoms. The summed E-state index contributed by atoms with van der Waals surface area (Å²) in [5.41, 5.74) is 3.19. The summed E-state index contributed by atoms with van der Waals surface area (Å²) in [5, 5.41) is 2.86. The van der Waals surface area contributed by atoms with Gasteiger partial charge in [-0.05, 0) is 50.2 Å². The molecule has 1 amide bonds. The summed E-state index contributed by atoms with van der Waals surface area (Å²) < 4.78 is 10.2. The normalized spacial score (nSPS) is 16.5. The molecule has 0 radical (unpaired) electrons. The van der Waals surface area contributed by atoms with E-state index < -0.39 is 6.04 Å². The number of aryl methyl sites for hydroxylation is 2. The monoisotopic (exact) mass is 333 g/mol. The summed E-state index contributed by atoms with van der Waals surface area (Å²) in [6.07, 6.45) is 2.71. The molecule has 0 aliphatic carbocycles. The number of esters is 1. The molecule has 132 valence electrons. The van der Waals surface area contributed by atoms with Crippen LogP contribution in [-0.2, 0) is 25.5 Å². The lowest BCUT2D eigenvalue weighted by Crippen LogP contribution is -2.44. The number of rotatable bonds is 6. The number of ether oxygens (including phenoxy) is 2. The van der Waals surface area contributed by atoms with Gasteiger partial charge in [0.2, 0.25) is 5.91 Å². The van der Waals surface area contributed by atoms with Crippen molar-refractivity contribution >= 4 is 11.9 Å². The maximum atomic E-state index is 12.4. The Bertz CT molecular complexity index is 579. The first-order valence-electron chi connectivity index (χ1n) is 8.50. The number of carbonyl (C=O) groups excluding carboxylic acids is 2. The summed E-state index contributed by atoms with van der Waals surface area (Å²) >= 11 is 0. The van der Waals surface area contributed by atoms with Gasteiger partial charge in [-0.2, -0.15) is 0 Å². The smallest absolute Gasteiger partial charge is 0.328 e. The van der Waals surface area contributed by atoms with Crippen LogP contribution in [0.4, 0.5) is 0 Å². The number of hydrogen-bond acceptors (Lipinski definition) is 4. The summed E-state index contributed by atoms with van der Waals surface area (Å²) in [5.74, 6) is -0.147. The Kier molecular flexibility index (Phi) is 6.79. The van der Waals surface area contributed by atoms with Gasteiger partial charge in [-0.3, -0.25) is 4.79 Å². The Hall–Kier alpha value is -1.88. The van der Waals surface area contributed by atoms with E-state index in [0.29, 0.717) is 12.3 Å². The highest BCUT2D eigenvalue weighted by atomic mass is 16.5. The van der Waals surface area contributed by atoms with Crippen molar-refractivity contribution in [3.05, 3.63) is 34.9 Å². The minimum absolute atomic E-state index is 0.147. The average molecular weight is 333 g/mol. The van der Waals surface area contributed by atoms with E-state index in [9.17, 15) is 9.59 Å². The molecule has 1 N–H and O–H groups in total. The van der Waals surface area contributed by atoms with Gasteiger partial charge in [0.15, 0.2) is 0 Å². The second-order valence-electron chi connectivity index (χ2n) is 6.54. The van der Waals surface area contributed by atoms with E-state index in [1.54, 1.807) is 0 Å². The lowest BCUT2D eigenvalue weighted by Gasteiger charge is -2.26. The number of carbonyl (C=O) groups is 2. The third-order valence-electron chi connectivity index (χ3n) is 4.59. The van der Waals surface area contributed by atoms with Gasteiger partial charge >= 0.3 is 5.97 Å². The van der Waals surface area contributed by atoms with Crippen LogP contribution in [0.5, 0.6) is 0 Å². The second-order valence-corrected chi connectivity index (χ2v) is 6.54. The van der Waals surface area contributed by atoms with Crippen molar-refractivity contribution in [1.82, 2.24) is 5.32 Å². The Morgan fingerprint density at radius 2 is 2.00 bits per heavy atom. The number of benzene rings is 1. The molecule has 2 rings (SSSR count). The third kappa shape index (κ3) is 5.34. The Morgan fingerprint density at radius 1 is 1.29 bits per heavy atom. The molecule has 5 nitrogen and oxygen atoms in total. The van der Waals surface area contributed by atoms with Crippen LogP contribution >= 0.6 is 0 Å². The maximum absolute atomic E-state index is 12.4. The molecule has 0 bridgehead atoms. The van der Waals surface area contributed by atoms with Gasteiger partial charge in [-0.1, -0.05) is 23.8 Å². The molecule has 1 aromatic carbocycles. The minimum atomic E-state index is -0.587. The van der Waals surface area contributed by atoms with Crippen LogP contribution in [0.15, 0.2) is 18.2 Å². The van der Waals surface area contributed by atoms with Crippen molar-refractivity contribution in [2.45, 2.75) is 45.6 Å². The molecule has 1 unspecified atom stereocenters. The van der Waals surface area contributed by atoms with Gasteiger partial charge in [0.1, 0.15) is 6.04 Å². The number of amides is 1. The van der Waals surface area contributed by atoms with E-state index in [1.807, 2.05) is 32.0 Å². The second kappa shape index (κ2) is 8.83. The summed E-state index contributed by atoms with van der Waals surface area (Å²) in [6.45, 7) is 5.43. The highest BCUT2D eigenvalue weighted by Gasteiger charge is 2.26. The zero-order chi connectivity index (χ0) is 17.5. The first-order chi connectivity index (χ1) is 11.5. The molecular formula is C19H27NO4. The summed E-state index contributed by atoms with van der Waals surface area (Å²) in [4.78, 5) is 24.4. The third-order valence-corrected chi connectivity index (χ3v) is 4.59. The van der Waals surface area contributed by atoms with Gasteiger partial charge in [0, 0.05) is 13.2 Å². The van der Waals surface area contributed by atoms with Crippen LogP contribution < -0.4 is 5.32 Å². The Balaban J connectivity index is 1.98. The van der Waals surface area contributed by atoms with E-state index >= 15 is 0 Å². The van der Waals surface area contributed by atoms with Crippen molar-refractivity contribution in [2.75, 3.05) is 20.3 Å². The molecule has 5 heteroatoms. The standard InChI is InChI=1S/C19H27NO4/c1-13-4-5-14(2)16(10-13)12-18(21)20-17(19(22)23-3)11-15-6-8-24-9-7-15/h4-5,10,15,17H,6-9,11-12H2,1-3H3,(H,20,21). The topological polar surface area (TPSA) is 64.6 Å². The van der Waals surface area contributed by atoms with Crippen molar-refractivity contribution < 1.29 is 19.1 Å². The van der Waals surface area contributed by atoms with Crippen LogP contribution in [0.3, 0.4) is 0 Å². The van der Waals surface area contributed by atoms with E-state index in [-0.39, 0.29) is 18.3 Å². The van der Waals surface area contributed by atoms with Gasteiger partial charge in [0.05, 0.1) is 13.5 Å². The van der Waals surface area contributed by atoms with Gasteiger partial charge in [-0.25, -0.2) is 4.79 Å². The molecule has 0 aromatic heterocycles. The number of nitrogens with one attached hydrogen (secondary N) is 1. The highest BCUT2D eigenvalue weighted by molar-refractivity contribution is 5.85. The molecule has 1 aromatic rings. The molecule has 1 aliphatic rings. The Morgan fingerprint density at radius 3 is 2.67 bits per heavy atom.